The van der Waals surface area contributed by atoms with E-state index in [0.29, 0.717) is 30.8 Å². The molecule has 1 aromatic heterocycles. The first-order chi connectivity index (χ1) is 14.1. The number of halogens is 1. The van der Waals surface area contributed by atoms with Gasteiger partial charge in [0.2, 0.25) is 11.7 Å². The standard InChI is InChI=1S/C22H20FN3O3/c23-18-4-1-3-17(11-18)19-12-20(29-25-19)22(28)24-13-15-6-8-16(9-7-15)14-26-10-2-5-21(26)27/h1,3-4,6-9,11-12H,2,5,10,13-14H2,(H,24,28). The van der Waals surface area contributed by atoms with Crippen LogP contribution < -0.4 is 5.32 Å². The lowest BCUT2D eigenvalue weighted by Gasteiger charge is -2.15. The number of nitrogens with zero attached hydrogens (tertiary/aromatic N) is 2. The van der Waals surface area contributed by atoms with E-state index >= 15 is 0 Å². The maximum Gasteiger partial charge on any atom is 0.290 e. The summed E-state index contributed by atoms with van der Waals surface area (Å²) in [6, 6.07) is 15.2. The highest BCUT2D eigenvalue weighted by Crippen LogP contribution is 2.20. The number of nitrogens with one attached hydrogen (secondary N) is 1. The van der Waals surface area contributed by atoms with Crippen LogP contribution in [0.4, 0.5) is 4.39 Å². The molecule has 3 aromatic rings. The predicted octanol–water partition coefficient (Wildman–Crippen LogP) is 3.53. The Labute approximate surface area is 167 Å². The minimum atomic E-state index is -0.396. The number of likely N-dealkylation sites (tertiary alicyclic amines) is 1. The largest absolute Gasteiger partial charge is 0.350 e. The zero-order valence-corrected chi connectivity index (χ0v) is 15.7. The first-order valence-electron chi connectivity index (χ1n) is 9.45. The fraction of sp³-hybridized carbons (Fsp3) is 0.227. The maximum atomic E-state index is 13.3. The van der Waals surface area contributed by atoms with E-state index < -0.39 is 5.91 Å². The Bertz CT molecular complexity index is 1030. The van der Waals surface area contributed by atoms with Gasteiger partial charge in [0.15, 0.2) is 0 Å². The molecule has 1 fully saturated rings. The van der Waals surface area contributed by atoms with Crippen molar-refractivity contribution in [3.63, 3.8) is 0 Å². The second-order valence-electron chi connectivity index (χ2n) is 7.00. The van der Waals surface area contributed by atoms with Gasteiger partial charge < -0.3 is 14.7 Å². The van der Waals surface area contributed by atoms with Crippen molar-refractivity contribution in [2.75, 3.05) is 6.54 Å². The topological polar surface area (TPSA) is 75.4 Å². The van der Waals surface area contributed by atoms with Crippen molar-refractivity contribution < 1.29 is 18.5 Å². The van der Waals surface area contributed by atoms with Crippen molar-refractivity contribution in [3.05, 3.63) is 77.3 Å². The summed E-state index contributed by atoms with van der Waals surface area (Å²) >= 11 is 0. The normalized spacial score (nSPS) is 13.7. The summed E-state index contributed by atoms with van der Waals surface area (Å²) in [6.07, 6.45) is 1.55. The molecule has 0 bridgehead atoms. The zero-order chi connectivity index (χ0) is 20.2. The number of carbonyl (C=O) groups excluding carboxylic acids is 2. The van der Waals surface area contributed by atoms with E-state index in [9.17, 15) is 14.0 Å². The van der Waals surface area contributed by atoms with Gasteiger partial charge in [0.05, 0.1) is 0 Å². The van der Waals surface area contributed by atoms with Crippen molar-refractivity contribution in [1.29, 1.82) is 0 Å². The highest BCUT2D eigenvalue weighted by Gasteiger charge is 2.20. The van der Waals surface area contributed by atoms with Crippen molar-refractivity contribution in [2.24, 2.45) is 0 Å². The van der Waals surface area contributed by atoms with Gasteiger partial charge in [0, 0.05) is 37.7 Å². The third-order valence-electron chi connectivity index (χ3n) is 4.88. The number of rotatable bonds is 6. The molecule has 0 saturated carbocycles. The van der Waals surface area contributed by atoms with Gasteiger partial charge in [0.1, 0.15) is 11.5 Å². The van der Waals surface area contributed by atoms with Gasteiger partial charge in [-0.1, -0.05) is 41.6 Å². The van der Waals surface area contributed by atoms with E-state index in [1.807, 2.05) is 29.2 Å². The van der Waals surface area contributed by atoms with Crippen LogP contribution in [0.25, 0.3) is 11.3 Å². The number of benzene rings is 2. The SMILES string of the molecule is O=C(NCc1ccc(CN2CCCC2=O)cc1)c1cc(-c2cccc(F)c2)no1. The summed E-state index contributed by atoms with van der Waals surface area (Å²) in [4.78, 5) is 25.9. The number of hydrogen-bond donors (Lipinski definition) is 1. The molecule has 1 aliphatic rings. The Kier molecular flexibility index (Phi) is 5.37. The van der Waals surface area contributed by atoms with Gasteiger partial charge in [-0.3, -0.25) is 9.59 Å². The van der Waals surface area contributed by atoms with E-state index in [4.69, 9.17) is 4.52 Å². The van der Waals surface area contributed by atoms with Crippen molar-refractivity contribution >= 4 is 11.8 Å². The lowest BCUT2D eigenvalue weighted by atomic mass is 10.1. The molecule has 29 heavy (non-hydrogen) atoms. The third-order valence-corrected chi connectivity index (χ3v) is 4.88. The van der Waals surface area contributed by atoms with E-state index in [-0.39, 0.29) is 17.5 Å². The van der Waals surface area contributed by atoms with E-state index in [2.05, 4.69) is 10.5 Å². The number of carbonyl (C=O) groups is 2. The summed E-state index contributed by atoms with van der Waals surface area (Å²) in [5, 5.41) is 6.62. The summed E-state index contributed by atoms with van der Waals surface area (Å²) < 4.78 is 18.4. The molecule has 0 atom stereocenters. The van der Waals surface area contributed by atoms with Gasteiger partial charge in [-0.2, -0.15) is 0 Å². The van der Waals surface area contributed by atoms with Crippen LogP contribution in [0, 0.1) is 5.82 Å². The Hall–Kier alpha value is -3.48. The molecule has 0 aliphatic carbocycles. The highest BCUT2D eigenvalue weighted by molar-refractivity contribution is 5.92. The summed E-state index contributed by atoms with van der Waals surface area (Å²) in [6.45, 7) is 1.76. The molecular formula is C22H20FN3O3. The van der Waals surface area contributed by atoms with E-state index in [1.165, 1.54) is 18.2 Å². The van der Waals surface area contributed by atoms with E-state index in [1.54, 1.807) is 12.1 Å². The summed E-state index contributed by atoms with van der Waals surface area (Å²) in [5.41, 5.74) is 2.93. The number of hydrogen-bond acceptors (Lipinski definition) is 4. The van der Waals surface area contributed by atoms with Crippen LogP contribution in [0.15, 0.2) is 59.1 Å². The van der Waals surface area contributed by atoms with Crippen molar-refractivity contribution in [3.8, 4) is 11.3 Å². The number of aromatic nitrogens is 1. The van der Waals surface area contributed by atoms with E-state index in [0.717, 1.165) is 24.1 Å². The van der Waals surface area contributed by atoms with Crippen LogP contribution in [-0.2, 0) is 17.9 Å². The van der Waals surface area contributed by atoms with Gasteiger partial charge in [-0.25, -0.2) is 4.39 Å². The second kappa shape index (κ2) is 8.26. The first-order valence-corrected chi connectivity index (χ1v) is 9.45. The summed E-state index contributed by atoms with van der Waals surface area (Å²) in [7, 11) is 0. The van der Waals surface area contributed by atoms with Crippen LogP contribution >= 0.6 is 0 Å². The summed E-state index contributed by atoms with van der Waals surface area (Å²) in [5.74, 6) is -0.514. The molecule has 0 spiro atoms. The lowest BCUT2D eigenvalue weighted by Crippen LogP contribution is -2.24. The zero-order valence-electron chi connectivity index (χ0n) is 15.7. The minimum absolute atomic E-state index is 0.0634. The third kappa shape index (κ3) is 4.51. The molecule has 7 heteroatoms. The molecule has 4 rings (SSSR count). The Balaban J connectivity index is 1.33. The predicted molar refractivity (Wildman–Crippen MR) is 104 cm³/mol. The Morgan fingerprint density at radius 1 is 1.14 bits per heavy atom. The molecule has 1 aliphatic heterocycles. The quantitative estimate of drug-likeness (QED) is 0.695. The van der Waals surface area contributed by atoms with Crippen LogP contribution in [0.5, 0.6) is 0 Å². The monoisotopic (exact) mass is 393 g/mol. The fourth-order valence-corrected chi connectivity index (χ4v) is 3.29. The fourth-order valence-electron chi connectivity index (χ4n) is 3.29. The molecule has 0 unspecified atom stereocenters. The molecule has 2 heterocycles. The van der Waals surface area contributed by atoms with Gasteiger partial charge in [0.25, 0.3) is 5.91 Å². The average Bonchev–Trinajstić information content (AvgIpc) is 3.37. The van der Waals surface area contributed by atoms with Crippen LogP contribution in [-0.4, -0.2) is 28.4 Å². The molecule has 148 valence electrons. The molecular weight excluding hydrogens is 373 g/mol. The lowest BCUT2D eigenvalue weighted by molar-refractivity contribution is -0.128. The highest BCUT2D eigenvalue weighted by atomic mass is 19.1. The smallest absolute Gasteiger partial charge is 0.290 e. The van der Waals surface area contributed by atoms with Gasteiger partial charge >= 0.3 is 0 Å². The molecule has 2 aromatic carbocycles. The van der Waals surface area contributed by atoms with Gasteiger partial charge in [-0.15, -0.1) is 0 Å². The van der Waals surface area contributed by atoms with Crippen LogP contribution in [0.3, 0.4) is 0 Å². The molecule has 0 radical (unpaired) electrons. The van der Waals surface area contributed by atoms with Crippen molar-refractivity contribution in [2.45, 2.75) is 25.9 Å². The Morgan fingerprint density at radius 2 is 1.93 bits per heavy atom. The van der Waals surface area contributed by atoms with Gasteiger partial charge in [-0.05, 0) is 29.7 Å². The number of amides is 2. The van der Waals surface area contributed by atoms with Crippen LogP contribution in [0.2, 0.25) is 0 Å². The molecule has 6 nitrogen and oxygen atoms in total. The molecule has 1 saturated heterocycles. The van der Waals surface area contributed by atoms with Crippen LogP contribution in [0.1, 0.15) is 34.5 Å². The average molecular weight is 393 g/mol. The minimum Gasteiger partial charge on any atom is -0.350 e. The Morgan fingerprint density at radius 3 is 2.66 bits per heavy atom. The molecule has 1 N–H and O–H groups in total. The first kappa shape index (κ1) is 18.9. The second-order valence-corrected chi connectivity index (χ2v) is 7.00. The molecule has 2 amide bonds. The maximum absolute atomic E-state index is 13.3. The van der Waals surface area contributed by atoms with Crippen molar-refractivity contribution in [1.82, 2.24) is 15.4 Å².